The van der Waals surface area contributed by atoms with Crippen molar-refractivity contribution in [2.45, 2.75) is 26.3 Å². The molecule has 0 bridgehead atoms. The van der Waals surface area contributed by atoms with Gasteiger partial charge >= 0.3 is 11.9 Å². The molecule has 12 nitrogen and oxygen atoms in total. The van der Waals surface area contributed by atoms with Gasteiger partial charge in [0.1, 0.15) is 6.73 Å². The highest BCUT2D eigenvalue weighted by molar-refractivity contribution is 5.78. The van der Waals surface area contributed by atoms with E-state index < -0.39 is 11.9 Å². The van der Waals surface area contributed by atoms with E-state index in [0.717, 1.165) is 0 Å². The van der Waals surface area contributed by atoms with Crippen molar-refractivity contribution in [2.75, 3.05) is 78.7 Å². The Bertz CT molecular complexity index is 626. The summed E-state index contributed by atoms with van der Waals surface area (Å²) in [5.74, 6) is -2.05. The summed E-state index contributed by atoms with van der Waals surface area (Å²) in [6.07, 6.45) is 0. The zero-order valence-electron chi connectivity index (χ0n) is 19.3. The third-order valence-electron chi connectivity index (χ3n) is 4.85. The number of amides is 1. The van der Waals surface area contributed by atoms with Crippen LogP contribution in [0.15, 0.2) is 0 Å². The quantitative estimate of drug-likeness (QED) is 0.344. The third kappa shape index (κ3) is 13.2. The van der Waals surface area contributed by atoms with Gasteiger partial charge in [0.15, 0.2) is 0 Å². The highest BCUT2D eigenvalue weighted by Crippen LogP contribution is 2.03. The van der Waals surface area contributed by atoms with Crippen LogP contribution in [0.2, 0.25) is 0 Å². The lowest BCUT2D eigenvalue weighted by Gasteiger charge is -2.33. The van der Waals surface area contributed by atoms with Crippen LogP contribution in [0.3, 0.4) is 0 Å². The van der Waals surface area contributed by atoms with Crippen molar-refractivity contribution >= 4 is 24.3 Å². The molecule has 0 unspecified atom stereocenters. The predicted molar refractivity (Wildman–Crippen MR) is 116 cm³/mol. The number of nitrogens with zero attached hydrogens (tertiary/aromatic N) is 4. The molecular weight excluding hydrogens is 422 g/mol. The van der Waals surface area contributed by atoms with E-state index >= 15 is 0 Å². The Kier molecular flexibility index (Phi) is 12.1. The van der Waals surface area contributed by atoms with Crippen molar-refractivity contribution in [3.05, 3.63) is 0 Å². The summed E-state index contributed by atoms with van der Waals surface area (Å²) in [6, 6.07) is 0. The summed E-state index contributed by atoms with van der Waals surface area (Å²) in [5, 5.41) is 21.4. The summed E-state index contributed by atoms with van der Waals surface area (Å²) in [5.41, 5.74) is -0.365. The first-order chi connectivity index (χ1) is 15.0. The summed E-state index contributed by atoms with van der Waals surface area (Å²) in [4.78, 5) is 52.9. The number of carbonyl (C=O) groups is 4. The van der Waals surface area contributed by atoms with Gasteiger partial charge < -0.3 is 20.3 Å². The number of rotatable bonds is 9. The van der Waals surface area contributed by atoms with Crippen LogP contribution in [0.5, 0.6) is 0 Å². The van der Waals surface area contributed by atoms with Gasteiger partial charge in [-0.05, 0) is 20.8 Å². The molecule has 0 spiro atoms. The van der Waals surface area contributed by atoms with Gasteiger partial charge in [0.05, 0.1) is 19.6 Å². The fourth-order valence-electron chi connectivity index (χ4n) is 3.36. The molecule has 0 aliphatic carbocycles. The number of carbonyl (C=O) groups excluding carboxylic acids is 2. The average Bonchev–Trinajstić information content (AvgIpc) is 2.65. The third-order valence-corrected chi connectivity index (χ3v) is 4.85. The monoisotopic (exact) mass is 459 g/mol. The second-order valence-electron chi connectivity index (χ2n) is 8.92. The van der Waals surface area contributed by atoms with Gasteiger partial charge in [-0.15, -0.1) is 0 Å². The Balaban J connectivity index is 2.93. The van der Waals surface area contributed by atoms with Gasteiger partial charge in [0, 0.05) is 57.9 Å². The molecule has 1 amide bonds. The van der Waals surface area contributed by atoms with Gasteiger partial charge in [-0.3, -0.25) is 38.8 Å². The smallest absolute Gasteiger partial charge is 0.317 e. The molecule has 1 aliphatic rings. The number of ether oxygens (including phenoxy) is 1. The Morgan fingerprint density at radius 2 is 1.16 bits per heavy atom. The van der Waals surface area contributed by atoms with Crippen LogP contribution in [-0.2, 0) is 23.9 Å². The largest absolute Gasteiger partial charge is 0.480 e. The van der Waals surface area contributed by atoms with Crippen LogP contribution in [0.1, 0.15) is 20.8 Å². The van der Waals surface area contributed by atoms with Crippen LogP contribution >= 0.6 is 0 Å². The highest BCUT2D eigenvalue weighted by atomic mass is 16.5. The fraction of sp³-hybridized carbons (Fsp3) is 0.800. The van der Waals surface area contributed by atoms with Crippen LogP contribution in [0, 0.1) is 0 Å². The van der Waals surface area contributed by atoms with E-state index in [1.165, 1.54) is 0 Å². The second-order valence-corrected chi connectivity index (χ2v) is 8.92. The first kappa shape index (κ1) is 27.8. The molecule has 0 aromatic heterocycles. The van der Waals surface area contributed by atoms with E-state index in [9.17, 15) is 29.4 Å². The molecule has 1 fully saturated rings. The number of carboxylic acid groups (broad SMARTS) is 2. The standard InChI is InChI=1S/C20H37N5O7/c1-20(2,3)21-17(27)12-22-4-5-23(13-18(28)29)6-7-24(14-19(30)31)9-11-25(10-8-22)15-32-16-26/h16H,4-15H2,1-3H3,(H,21,27)(H,28,29)(H,30,31). The molecule has 1 aliphatic heterocycles. The number of hydrogen-bond acceptors (Lipinski definition) is 9. The van der Waals surface area contributed by atoms with Crippen LogP contribution in [0.4, 0.5) is 0 Å². The van der Waals surface area contributed by atoms with Gasteiger partial charge in [-0.1, -0.05) is 0 Å². The second kappa shape index (κ2) is 14.0. The zero-order chi connectivity index (χ0) is 24.1. The number of carboxylic acids is 2. The minimum absolute atomic E-state index is 0.0670. The van der Waals surface area contributed by atoms with Crippen molar-refractivity contribution in [3.8, 4) is 0 Å². The molecular formula is C20H37N5O7. The van der Waals surface area contributed by atoms with E-state index in [-0.39, 0.29) is 37.8 Å². The molecule has 1 heterocycles. The molecule has 184 valence electrons. The summed E-state index contributed by atoms with van der Waals surface area (Å²) in [6.45, 7) is 9.48. The Labute approximate surface area is 189 Å². The lowest BCUT2D eigenvalue weighted by atomic mass is 10.1. The summed E-state index contributed by atoms with van der Waals surface area (Å²) in [7, 11) is 0. The normalized spacial score (nSPS) is 18.8. The molecule has 3 N–H and O–H groups in total. The van der Waals surface area contributed by atoms with E-state index in [1.807, 2.05) is 30.6 Å². The zero-order valence-corrected chi connectivity index (χ0v) is 19.3. The molecule has 0 atom stereocenters. The first-order valence-electron chi connectivity index (χ1n) is 10.7. The summed E-state index contributed by atoms with van der Waals surface area (Å²) < 4.78 is 4.90. The SMILES string of the molecule is CC(C)(C)NC(=O)CN1CCN(COC=O)CCN(CC(=O)O)CCN(CC(=O)O)CC1. The molecule has 1 rings (SSSR count). The van der Waals surface area contributed by atoms with Crippen molar-refractivity contribution < 1.29 is 34.1 Å². The summed E-state index contributed by atoms with van der Waals surface area (Å²) >= 11 is 0. The maximum Gasteiger partial charge on any atom is 0.317 e. The molecule has 0 saturated carbocycles. The topological polar surface area (TPSA) is 143 Å². The minimum Gasteiger partial charge on any atom is -0.480 e. The Morgan fingerprint density at radius 1 is 0.781 bits per heavy atom. The molecule has 32 heavy (non-hydrogen) atoms. The van der Waals surface area contributed by atoms with Crippen LogP contribution < -0.4 is 5.32 Å². The Morgan fingerprint density at radius 3 is 1.50 bits per heavy atom. The molecule has 0 aromatic carbocycles. The highest BCUT2D eigenvalue weighted by Gasteiger charge is 2.21. The molecule has 12 heteroatoms. The van der Waals surface area contributed by atoms with Crippen molar-refractivity contribution in [1.29, 1.82) is 0 Å². The number of nitrogens with one attached hydrogen (secondary N) is 1. The Hall–Kier alpha value is -2.28. The molecule has 0 radical (unpaired) electrons. The molecule has 1 saturated heterocycles. The van der Waals surface area contributed by atoms with Gasteiger partial charge in [0.2, 0.25) is 5.91 Å². The number of hydrogen-bond donors (Lipinski definition) is 3. The minimum atomic E-state index is -0.964. The van der Waals surface area contributed by atoms with Crippen molar-refractivity contribution in [3.63, 3.8) is 0 Å². The van der Waals surface area contributed by atoms with Gasteiger partial charge in [-0.25, -0.2) is 0 Å². The number of aliphatic carboxylic acids is 2. The maximum absolute atomic E-state index is 12.5. The van der Waals surface area contributed by atoms with Gasteiger partial charge in [0.25, 0.3) is 6.47 Å². The molecule has 0 aromatic rings. The predicted octanol–water partition coefficient (Wildman–Crippen LogP) is -1.58. The van der Waals surface area contributed by atoms with E-state index in [1.54, 1.807) is 9.80 Å². The van der Waals surface area contributed by atoms with E-state index in [2.05, 4.69) is 5.32 Å². The lowest BCUT2D eigenvalue weighted by Crippen LogP contribution is -2.51. The maximum atomic E-state index is 12.5. The van der Waals surface area contributed by atoms with Crippen LogP contribution in [-0.4, -0.2) is 138 Å². The first-order valence-corrected chi connectivity index (χ1v) is 10.7. The van der Waals surface area contributed by atoms with Crippen molar-refractivity contribution in [1.82, 2.24) is 24.9 Å². The van der Waals surface area contributed by atoms with E-state index in [4.69, 9.17) is 4.74 Å². The van der Waals surface area contributed by atoms with Crippen molar-refractivity contribution in [2.24, 2.45) is 0 Å². The van der Waals surface area contributed by atoms with Gasteiger partial charge in [-0.2, -0.15) is 0 Å². The fourth-order valence-corrected chi connectivity index (χ4v) is 3.36. The average molecular weight is 460 g/mol. The van der Waals surface area contributed by atoms with Crippen LogP contribution in [0.25, 0.3) is 0 Å². The lowest BCUT2D eigenvalue weighted by molar-refractivity contribution is -0.140. The van der Waals surface area contributed by atoms with E-state index in [0.29, 0.717) is 58.8 Å².